The molecule has 0 spiro atoms. The van der Waals surface area contributed by atoms with E-state index in [1.807, 2.05) is 0 Å². The Kier molecular flexibility index (Phi) is 2.86. The predicted molar refractivity (Wildman–Crippen MR) is 73.2 cm³/mol. The summed E-state index contributed by atoms with van der Waals surface area (Å²) in [7, 11) is 0. The van der Waals surface area contributed by atoms with E-state index in [1.54, 1.807) is 36.4 Å². The van der Waals surface area contributed by atoms with E-state index in [9.17, 15) is 0 Å². The number of nitrogens with zero attached hydrogens (tertiary/aromatic N) is 4. The molecule has 3 rings (SSSR count). The fourth-order valence-corrected chi connectivity index (χ4v) is 2.15. The zero-order valence-corrected chi connectivity index (χ0v) is 11.0. The summed E-state index contributed by atoms with van der Waals surface area (Å²) in [5.41, 5.74) is 1.64. The molecule has 0 saturated carbocycles. The number of hydrogen-bond acceptors (Lipinski definition) is 3. The third-order valence-electron chi connectivity index (χ3n) is 2.64. The summed E-state index contributed by atoms with van der Waals surface area (Å²) in [4.78, 5) is 4.35. The molecule has 0 radical (unpaired) electrons. The summed E-state index contributed by atoms with van der Waals surface area (Å²) in [6, 6.07) is 12.4. The Morgan fingerprint density at radius 3 is 2.79 bits per heavy atom. The molecule has 2 aromatic heterocycles. The van der Waals surface area contributed by atoms with E-state index in [-0.39, 0.29) is 0 Å². The van der Waals surface area contributed by atoms with Crippen LogP contribution in [0.3, 0.4) is 0 Å². The van der Waals surface area contributed by atoms with Crippen LogP contribution in [-0.4, -0.2) is 14.6 Å². The third-order valence-corrected chi connectivity index (χ3v) is 3.21. The summed E-state index contributed by atoms with van der Waals surface area (Å²) in [6.07, 6.45) is 0. The largest absolute Gasteiger partial charge is 0.207 e. The van der Waals surface area contributed by atoms with Crippen molar-refractivity contribution in [1.82, 2.24) is 14.6 Å². The van der Waals surface area contributed by atoms with Crippen molar-refractivity contribution >= 4 is 28.8 Å². The van der Waals surface area contributed by atoms with Gasteiger partial charge in [-0.25, -0.2) is 9.50 Å². The Hall–Kier alpha value is -2.09. The lowest BCUT2D eigenvalue weighted by Gasteiger charge is -1.99. The Morgan fingerprint density at radius 1 is 1.16 bits per heavy atom. The van der Waals surface area contributed by atoms with Crippen LogP contribution in [0.2, 0.25) is 10.0 Å². The first kappa shape index (κ1) is 12.0. The van der Waals surface area contributed by atoms with Gasteiger partial charge in [0.1, 0.15) is 11.8 Å². The van der Waals surface area contributed by atoms with Gasteiger partial charge in [0.25, 0.3) is 0 Å². The van der Waals surface area contributed by atoms with Crippen molar-refractivity contribution in [2.75, 3.05) is 0 Å². The number of rotatable bonds is 1. The van der Waals surface area contributed by atoms with Crippen LogP contribution in [0, 0.1) is 11.3 Å². The molecule has 6 heteroatoms. The molecule has 4 nitrogen and oxygen atoms in total. The minimum Gasteiger partial charge on any atom is -0.207 e. The highest BCUT2D eigenvalue weighted by molar-refractivity contribution is 6.35. The van der Waals surface area contributed by atoms with Crippen molar-refractivity contribution in [3.05, 3.63) is 52.1 Å². The molecule has 92 valence electrons. The van der Waals surface area contributed by atoms with Gasteiger partial charge in [0.2, 0.25) is 0 Å². The van der Waals surface area contributed by atoms with E-state index in [0.717, 1.165) is 0 Å². The topological polar surface area (TPSA) is 54.0 Å². The number of hydrogen-bond donors (Lipinski definition) is 0. The van der Waals surface area contributed by atoms with Crippen molar-refractivity contribution in [1.29, 1.82) is 5.26 Å². The number of pyridine rings is 1. The molecule has 0 bridgehead atoms. The number of halogens is 2. The molecule has 19 heavy (non-hydrogen) atoms. The van der Waals surface area contributed by atoms with Crippen LogP contribution in [0.1, 0.15) is 5.69 Å². The van der Waals surface area contributed by atoms with Crippen molar-refractivity contribution in [3.63, 3.8) is 0 Å². The van der Waals surface area contributed by atoms with Crippen molar-refractivity contribution in [3.8, 4) is 17.5 Å². The maximum absolute atomic E-state index is 9.03. The van der Waals surface area contributed by atoms with Gasteiger partial charge < -0.3 is 0 Å². The SMILES string of the molecule is N#Cc1cccc2nc(-c3cc(Cl)ccc3Cl)nn12. The summed E-state index contributed by atoms with van der Waals surface area (Å²) in [6.45, 7) is 0. The zero-order chi connectivity index (χ0) is 13.4. The van der Waals surface area contributed by atoms with E-state index in [2.05, 4.69) is 16.2 Å². The first-order valence-corrected chi connectivity index (χ1v) is 6.16. The average Bonchev–Trinajstić information content (AvgIpc) is 2.85. The number of fused-ring (bicyclic) bond motifs is 1. The van der Waals surface area contributed by atoms with Crippen molar-refractivity contribution in [2.24, 2.45) is 0 Å². The molecule has 0 fully saturated rings. The fourth-order valence-electron chi connectivity index (χ4n) is 1.77. The second kappa shape index (κ2) is 4.54. The van der Waals surface area contributed by atoms with Crippen LogP contribution < -0.4 is 0 Å². The average molecular weight is 289 g/mol. The van der Waals surface area contributed by atoms with Gasteiger partial charge in [0.05, 0.1) is 5.02 Å². The van der Waals surface area contributed by atoms with E-state index >= 15 is 0 Å². The summed E-state index contributed by atoms with van der Waals surface area (Å²) in [5, 5.41) is 14.4. The normalized spacial score (nSPS) is 10.6. The van der Waals surface area contributed by atoms with Gasteiger partial charge in [0, 0.05) is 10.6 Å². The molecular weight excluding hydrogens is 283 g/mol. The molecule has 2 heterocycles. The van der Waals surface area contributed by atoms with E-state index in [1.165, 1.54) is 4.52 Å². The van der Waals surface area contributed by atoms with E-state index in [4.69, 9.17) is 28.5 Å². The highest BCUT2D eigenvalue weighted by Gasteiger charge is 2.12. The zero-order valence-electron chi connectivity index (χ0n) is 9.51. The van der Waals surface area contributed by atoms with Crippen LogP contribution in [0.4, 0.5) is 0 Å². The lowest BCUT2D eigenvalue weighted by Crippen LogP contribution is -1.93. The van der Waals surface area contributed by atoms with Gasteiger partial charge in [-0.05, 0) is 30.3 Å². The third kappa shape index (κ3) is 2.03. The lowest BCUT2D eigenvalue weighted by atomic mass is 10.2. The molecule has 0 aliphatic rings. The maximum Gasteiger partial charge on any atom is 0.183 e. The second-order valence-corrected chi connectivity index (χ2v) is 4.70. The van der Waals surface area contributed by atoms with Crippen LogP contribution >= 0.6 is 23.2 Å². The Bertz CT molecular complexity index is 817. The number of aromatic nitrogens is 3. The molecule has 0 unspecified atom stereocenters. The van der Waals surface area contributed by atoms with Crippen molar-refractivity contribution in [2.45, 2.75) is 0 Å². The van der Waals surface area contributed by atoms with Crippen molar-refractivity contribution < 1.29 is 0 Å². The van der Waals surface area contributed by atoms with Gasteiger partial charge in [-0.2, -0.15) is 5.26 Å². The molecule has 3 aromatic rings. The number of benzene rings is 1. The fraction of sp³-hybridized carbons (Fsp3) is 0. The molecule has 0 atom stereocenters. The quantitative estimate of drug-likeness (QED) is 0.688. The Morgan fingerprint density at radius 2 is 2.00 bits per heavy atom. The van der Waals surface area contributed by atoms with E-state index in [0.29, 0.717) is 32.8 Å². The standard InChI is InChI=1S/C13H6Cl2N4/c14-8-4-5-11(15)10(6-8)13-17-12-3-1-2-9(7-16)19(12)18-13/h1-6H. The molecule has 0 N–H and O–H groups in total. The molecule has 0 aliphatic carbocycles. The molecule has 1 aromatic carbocycles. The highest BCUT2D eigenvalue weighted by atomic mass is 35.5. The Balaban J connectivity index is 2.27. The Labute approximate surface area is 118 Å². The summed E-state index contributed by atoms with van der Waals surface area (Å²) in [5.74, 6) is 0.440. The highest BCUT2D eigenvalue weighted by Crippen LogP contribution is 2.28. The van der Waals surface area contributed by atoms with Gasteiger partial charge >= 0.3 is 0 Å². The van der Waals surface area contributed by atoms with Crippen LogP contribution in [-0.2, 0) is 0 Å². The smallest absolute Gasteiger partial charge is 0.183 e. The first-order valence-electron chi connectivity index (χ1n) is 5.40. The van der Waals surface area contributed by atoms with E-state index < -0.39 is 0 Å². The lowest BCUT2D eigenvalue weighted by molar-refractivity contribution is 0.945. The van der Waals surface area contributed by atoms with Crippen LogP contribution in [0.15, 0.2) is 36.4 Å². The molecule has 0 aliphatic heterocycles. The maximum atomic E-state index is 9.03. The van der Waals surface area contributed by atoms with Crippen LogP contribution in [0.25, 0.3) is 17.0 Å². The minimum absolute atomic E-state index is 0.411. The molecular formula is C13H6Cl2N4. The van der Waals surface area contributed by atoms with Crippen LogP contribution in [0.5, 0.6) is 0 Å². The first-order chi connectivity index (χ1) is 9.19. The predicted octanol–water partition coefficient (Wildman–Crippen LogP) is 3.57. The molecule has 0 amide bonds. The second-order valence-electron chi connectivity index (χ2n) is 3.85. The summed E-state index contributed by atoms with van der Waals surface area (Å²) >= 11 is 12.1. The monoisotopic (exact) mass is 288 g/mol. The summed E-state index contributed by atoms with van der Waals surface area (Å²) < 4.78 is 1.48. The number of nitriles is 1. The van der Waals surface area contributed by atoms with Gasteiger partial charge in [0.15, 0.2) is 11.5 Å². The minimum atomic E-state index is 0.411. The van der Waals surface area contributed by atoms with Gasteiger partial charge in [-0.15, -0.1) is 5.10 Å². The molecule has 0 saturated heterocycles. The van der Waals surface area contributed by atoms with Gasteiger partial charge in [-0.1, -0.05) is 29.3 Å². The van der Waals surface area contributed by atoms with Gasteiger partial charge in [-0.3, -0.25) is 0 Å².